The topological polar surface area (TPSA) is 0 Å². The van der Waals surface area contributed by atoms with Crippen molar-refractivity contribution < 1.29 is 17.4 Å². The Balaban J connectivity index is 0. The molecular formula is CrS2Si+3. The minimum absolute atomic E-state index is 0. The molecular weight excluding hydrogens is 144 g/mol. The van der Waals surface area contributed by atoms with Gasteiger partial charge in [0.15, 0.2) is 0 Å². The quantitative estimate of drug-likeness (QED) is 0.406. The SMILES string of the molecule is [Cr+3].[S-2].[S-2].[Si+4]. The van der Waals surface area contributed by atoms with Crippen LogP contribution in [0, 0.1) is 0 Å². The van der Waals surface area contributed by atoms with E-state index in [1.807, 2.05) is 0 Å². The van der Waals surface area contributed by atoms with Crippen LogP contribution in [0.25, 0.3) is 0 Å². The van der Waals surface area contributed by atoms with Crippen molar-refractivity contribution in [2.24, 2.45) is 0 Å². The first-order chi connectivity index (χ1) is 0. The zero-order valence-electron chi connectivity index (χ0n) is 1.72. The van der Waals surface area contributed by atoms with E-state index in [-0.39, 0.29) is 55.3 Å². The molecule has 0 heterocycles. The van der Waals surface area contributed by atoms with Crippen LogP contribution in [0.1, 0.15) is 0 Å². The number of hydrogen-bond acceptors (Lipinski definition) is 0. The average molecular weight is 144 g/mol. The maximum atomic E-state index is 0. The molecule has 0 aliphatic rings. The molecule has 19 valence electrons. The van der Waals surface area contributed by atoms with E-state index in [2.05, 4.69) is 0 Å². The Labute approximate surface area is 55.4 Å². The Kier molecular flexibility index (Phi) is 324. The molecule has 0 N–H and O–H groups in total. The molecule has 0 rings (SSSR count). The van der Waals surface area contributed by atoms with Crippen LogP contribution in [-0.4, -0.2) is 11.0 Å². The van der Waals surface area contributed by atoms with Gasteiger partial charge in [-0.1, -0.05) is 0 Å². The molecule has 0 spiro atoms. The van der Waals surface area contributed by atoms with Gasteiger partial charge in [0.05, 0.1) is 0 Å². The van der Waals surface area contributed by atoms with Gasteiger partial charge in [-0.25, -0.2) is 0 Å². The molecule has 0 fully saturated rings. The summed E-state index contributed by atoms with van der Waals surface area (Å²) in [7, 11) is 0. The average Bonchev–Trinajstić information content (AvgIpc) is 0. The van der Waals surface area contributed by atoms with Gasteiger partial charge in [0.25, 0.3) is 0 Å². The molecule has 0 aliphatic heterocycles. The second-order valence-corrected chi connectivity index (χ2v) is 0. The predicted octanol–water partition coefficient (Wildman–Crippen LogP) is -0.388. The Hall–Kier alpha value is 1.45. The third kappa shape index (κ3) is 9.85. The largest absolute Gasteiger partial charge is 4.00 e. The molecule has 0 atom stereocenters. The summed E-state index contributed by atoms with van der Waals surface area (Å²) < 4.78 is 0. The third-order valence-corrected chi connectivity index (χ3v) is 0. The summed E-state index contributed by atoms with van der Waals surface area (Å²) in [5, 5.41) is 0. The molecule has 1 radical (unpaired) electrons. The maximum Gasteiger partial charge on any atom is 4.00 e. The molecule has 0 amide bonds. The zero-order chi connectivity index (χ0) is 0. The van der Waals surface area contributed by atoms with Crippen LogP contribution < -0.4 is 0 Å². The van der Waals surface area contributed by atoms with Crippen molar-refractivity contribution in [3.8, 4) is 0 Å². The smallest absolute Gasteiger partial charge is 2.00 e. The van der Waals surface area contributed by atoms with E-state index in [1.54, 1.807) is 0 Å². The second-order valence-electron chi connectivity index (χ2n) is 0. The maximum absolute atomic E-state index is 0. The summed E-state index contributed by atoms with van der Waals surface area (Å²) in [6.45, 7) is 0. The molecule has 0 nitrogen and oxygen atoms in total. The molecule has 0 saturated carbocycles. The van der Waals surface area contributed by atoms with Crippen LogP contribution in [0.15, 0.2) is 0 Å². The van der Waals surface area contributed by atoms with E-state index < -0.39 is 0 Å². The van der Waals surface area contributed by atoms with Crippen molar-refractivity contribution in [3.05, 3.63) is 0 Å². The second kappa shape index (κ2) is 25.2. The Morgan fingerprint density at radius 3 is 0.750 bits per heavy atom. The van der Waals surface area contributed by atoms with E-state index in [9.17, 15) is 0 Å². The summed E-state index contributed by atoms with van der Waals surface area (Å²) in [4.78, 5) is 0. The van der Waals surface area contributed by atoms with E-state index in [1.165, 1.54) is 0 Å². The number of rotatable bonds is 0. The van der Waals surface area contributed by atoms with Crippen LogP contribution >= 0.6 is 0 Å². The molecule has 0 aliphatic carbocycles. The van der Waals surface area contributed by atoms with E-state index >= 15 is 0 Å². The summed E-state index contributed by atoms with van der Waals surface area (Å²) in [6, 6.07) is 0. The summed E-state index contributed by atoms with van der Waals surface area (Å²) >= 11 is 0. The van der Waals surface area contributed by atoms with Crippen LogP contribution in [0.5, 0.6) is 0 Å². The zero-order valence-corrected chi connectivity index (χ0v) is 5.63. The van der Waals surface area contributed by atoms with Gasteiger partial charge in [0, 0.05) is 0 Å². The van der Waals surface area contributed by atoms with E-state index in [0.29, 0.717) is 0 Å². The molecule has 0 unspecified atom stereocenters. The molecule has 4 heteroatoms. The van der Waals surface area contributed by atoms with E-state index in [0.717, 1.165) is 0 Å². The van der Waals surface area contributed by atoms with Crippen LogP contribution in [-0.2, 0) is 44.4 Å². The first kappa shape index (κ1) is 51.4. The van der Waals surface area contributed by atoms with Crippen molar-refractivity contribution in [1.82, 2.24) is 0 Å². The standard InChI is InChI=1S/Cr.2S.Si/q+3;2*-2;+4. The summed E-state index contributed by atoms with van der Waals surface area (Å²) in [6.07, 6.45) is 0. The Morgan fingerprint density at radius 1 is 0.750 bits per heavy atom. The first-order valence-corrected chi connectivity index (χ1v) is 0. The van der Waals surface area contributed by atoms with Crippen molar-refractivity contribution in [2.75, 3.05) is 0 Å². The van der Waals surface area contributed by atoms with Crippen LogP contribution in [0.4, 0.5) is 0 Å². The van der Waals surface area contributed by atoms with Gasteiger partial charge >= 0.3 is 28.3 Å². The van der Waals surface area contributed by atoms with Gasteiger partial charge < -0.3 is 27.0 Å². The summed E-state index contributed by atoms with van der Waals surface area (Å²) in [5.41, 5.74) is 0. The predicted molar refractivity (Wildman–Crippen MR) is 20.5 cm³/mol. The Bertz CT molecular complexity index is 6.00. The van der Waals surface area contributed by atoms with Crippen molar-refractivity contribution >= 4 is 38.0 Å². The molecule has 0 aromatic heterocycles. The van der Waals surface area contributed by atoms with Crippen molar-refractivity contribution in [1.29, 1.82) is 0 Å². The van der Waals surface area contributed by atoms with Gasteiger partial charge in [0.2, 0.25) is 0 Å². The molecule has 0 saturated heterocycles. The normalized spacial score (nSPS) is 0. The van der Waals surface area contributed by atoms with Gasteiger partial charge in [-0.15, -0.1) is 0 Å². The molecule has 4 heavy (non-hydrogen) atoms. The van der Waals surface area contributed by atoms with E-state index in [4.69, 9.17) is 0 Å². The first-order valence-electron chi connectivity index (χ1n) is 0. The fraction of sp³-hybridized carbons (Fsp3) is 0. The summed E-state index contributed by atoms with van der Waals surface area (Å²) in [5.74, 6) is 0. The number of hydrogen-bond donors (Lipinski definition) is 0. The van der Waals surface area contributed by atoms with Crippen molar-refractivity contribution in [3.63, 3.8) is 0 Å². The molecule has 0 aromatic rings. The third-order valence-electron chi connectivity index (χ3n) is 0. The Morgan fingerprint density at radius 2 is 0.750 bits per heavy atom. The van der Waals surface area contributed by atoms with Gasteiger partial charge in [-0.05, 0) is 0 Å². The van der Waals surface area contributed by atoms with Crippen LogP contribution in [0.3, 0.4) is 0 Å². The van der Waals surface area contributed by atoms with Gasteiger partial charge in [-0.2, -0.15) is 0 Å². The van der Waals surface area contributed by atoms with Gasteiger partial charge in [-0.3, -0.25) is 0 Å². The monoisotopic (exact) mass is 144 g/mol. The van der Waals surface area contributed by atoms with Gasteiger partial charge in [0.1, 0.15) is 0 Å². The van der Waals surface area contributed by atoms with Crippen LogP contribution in [0.2, 0.25) is 0 Å². The minimum atomic E-state index is 0. The fourth-order valence-corrected chi connectivity index (χ4v) is 0. The van der Waals surface area contributed by atoms with Crippen molar-refractivity contribution in [2.45, 2.75) is 0 Å². The molecule has 0 aromatic carbocycles. The molecule has 0 bridgehead atoms. The fourth-order valence-electron chi connectivity index (χ4n) is 0. The minimum Gasteiger partial charge on any atom is -2.00 e.